The molecule has 0 radical (unpaired) electrons. The van der Waals surface area contributed by atoms with Crippen molar-refractivity contribution in [2.75, 3.05) is 13.7 Å². The van der Waals surface area contributed by atoms with Gasteiger partial charge in [0.1, 0.15) is 23.1 Å². The van der Waals surface area contributed by atoms with Gasteiger partial charge in [0.25, 0.3) is 0 Å². The van der Waals surface area contributed by atoms with E-state index in [0.717, 1.165) is 36.0 Å². The summed E-state index contributed by atoms with van der Waals surface area (Å²) in [5.74, 6) is 0.903. The van der Waals surface area contributed by atoms with Gasteiger partial charge in [-0.25, -0.2) is 4.79 Å². The Balaban J connectivity index is 1.56. The van der Waals surface area contributed by atoms with E-state index < -0.39 is 11.9 Å². The second-order valence-electron chi connectivity index (χ2n) is 9.11. The van der Waals surface area contributed by atoms with Crippen molar-refractivity contribution >= 4 is 12.0 Å². The number of carbonyl (C=O) groups is 1. The monoisotopic (exact) mass is 524 g/mol. The smallest absolute Gasteiger partial charge is 0.336 e. The molecule has 1 heterocycles. The molecule has 0 bridgehead atoms. The minimum absolute atomic E-state index is 0.00216. The second-order valence-corrected chi connectivity index (χ2v) is 9.11. The maximum Gasteiger partial charge on any atom is 0.336 e. The first-order valence-corrected chi connectivity index (χ1v) is 13.0. The first-order chi connectivity index (χ1) is 19.0. The lowest BCUT2D eigenvalue weighted by Gasteiger charge is -2.27. The maximum atomic E-state index is 12.4. The summed E-state index contributed by atoms with van der Waals surface area (Å²) in [5, 5.41) is 9.91. The number of rotatable bonds is 11. The highest BCUT2D eigenvalue weighted by molar-refractivity contribution is 5.88. The van der Waals surface area contributed by atoms with Crippen LogP contribution in [0.2, 0.25) is 0 Å². The van der Waals surface area contributed by atoms with Crippen molar-refractivity contribution < 1.29 is 23.7 Å². The van der Waals surface area contributed by atoms with E-state index in [0.29, 0.717) is 29.6 Å². The Kier molecular flexibility index (Phi) is 9.25. The van der Waals surface area contributed by atoms with Gasteiger partial charge in [-0.15, -0.1) is 0 Å². The van der Waals surface area contributed by atoms with Crippen LogP contribution in [0.4, 0.5) is 0 Å². The fourth-order valence-corrected chi connectivity index (χ4v) is 4.41. The van der Waals surface area contributed by atoms with Crippen LogP contribution in [0.15, 0.2) is 84.3 Å². The van der Waals surface area contributed by atoms with Gasteiger partial charge in [0.2, 0.25) is 5.88 Å². The molecule has 0 aromatic heterocycles. The summed E-state index contributed by atoms with van der Waals surface area (Å²) < 4.78 is 22.8. The number of carbonyl (C=O) groups excluding carboxylic acids is 1. The molecular formula is C32H32N2O5. The molecule has 7 heteroatoms. The summed E-state index contributed by atoms with van der Waals surface area (Å²) in [4.78, 5) is 12.4. The molecule has 0 saturated carbocycles. The molecule has 1 unspecified atom stereocenters. The van der Waals surface area contributed by atoms with Crippen LogP contribution >= 0.6 is 0 Å². The summed E-state index contributed by atoms with van der Waals surface area (Å²) in [7, 11) is 1.59. The van der Waals surface area contributed by atoms with Gasteiger partial charge in [0.15, 0.2) is 11.5 Å². The number of methoxy groups -OCH3 is 1. The molecule has 3 aromatic carbocycles. The van der Waals surface area contributed by atoms with E-state index in [1.807, 2.05) is 48.5 Å². The highest BCUT2D eigenvalue weighted by Gasteiger charge is 2.31. The third-order valence-electron chi connectivity index (χ3n) is 6.40. The molecule has 7 nitrogen and oxygen atoms in total. The minimum Gasteiger partial charge on any atom is -0.493 e. The van der Waals surface area contributed by atoms with Crippen LogP contribution < -0.4 is 24.7 Å². The molecule has 2 N–H and O–H groups in total. The Morgan fingerprint density at radius 1 is 1.05 bits per heavy atom. The molecular weight excluding hydrogens is 492 g/mol. The van der Waals surface area contributed by atoms with Crippen molar-refractivity contribution in [2.45, 2.75) is 38.5 Å². The number of hydrogen-bond acceptors (Lipinski definition) is 7. The Bertz CT molecular complexity index is 1410. The molecule has 0 amide bonds. The van der Waals surface area contributed by atoms with Gasteiger partial charge in [-0.2, -0.15) is 5.26 Å². The van der Waals surface area contributed by atoms with E-state index >= 15 is 0 Å². The Morgan fingerprint density at radius 3 is 2.62 bits per heavy atom. The lowest BCUT2D eigenvalue weighted by atomic mass is 9.83. The van der Waals surface area contributed by atoms with Crippen molar-refractivity contribution in [3.8, 4) is 29.1 Å². The molecule has 0 fully saturated rings. The largest absolute Gasteiger partial charge is 0.493 e. The van der Waals surface area contributed by atoms with Gasteiger partial charge < -0.3 is 24.7 Å². The number of fused-ring (bicyclic) bond motifs is 1. The quantitative estimate of drug-likeness (QED) is 0.132. The van der Waals surface area contributed by atoms with E-state index in [1.165, 1.54) is 12.5 Å². The molecule has 1 aliphatic heterocycles. The third-order valence-corrected chi connectivity index (χ3v) is 6.40. The zero-order valence-electron chi connectivity index (χ0n) is 22.2. The number of esters is 1. The minimum atomic E-state index is -0.526. The third kappa shape index (κ3) is 6.79. The van der Waals surface area contributed by atoms with E-state index in [1.54, 1.807) is 31.4 Å². The first kappa shape index (κ1) is 27.3. The first-order valence-electron chi connectivity index (χ1n) is 13.0. The van der Waals surface area contributed by atoms with Gasteiger partial charge in [0.05, 0.1) is 19.6 Å². The van der Waals surface area contributed by atoms with Gasteiger partial charge in [0, 0.05) is 17.7 Å². The predicted octanol–water partition coefficient (Wildman–Crippen LogP) is 6.49. The SMILES string of the molecule is CCCCCCOc1ccc(C2C(C#N)=C(N)Oc3cc(OC(=O)/C=C/c4ccccc4)ccc32)cc1OC. The summed E-state index contributed by atoms with van der Waals surface area (Å²) in [5.41, 5.74) is 8.85. The number of nitrogens with zero attached hydrogens (tertiary/aromatic N) is 1. The average molecular weight is 525 g/mol. The fraction of sp³-hybridized carbons (Fsp3) is 0.250. The Hall–Kier alpha value is -4.70. The molecule has 0 saturated heterocycles. The van der Waals surface area contributed by atoms with Crippen LogP contribution in [0, 0.1) is 11.3 Å². The Labute approximate surface area is 229 Å². The molecule has 4 rings (SSSR count). The molecule has 200 valence electrons. The van der Waals surface area contributed by atoms with Gasteiger partial charge in [-0.1, -0.05) is 68.7 Å². The highest BCUT2D eigenvalue weighted by Crippen LogP contribution is 2.45. The van der Waals surface area contributed by atoms with Gasteiger partial charge in [-0.05, 0) is 41.8 Å². The van der Waals surface area contributed by atoms with Crippen LogP contribution in [-0.2, 0) is 4.79 Å². The van der Waals surface area contributed by atoms with Crippen molar-refractivity contribution in [3.05, 3.63) is 101 Å². The number of allylic oxidation sites excluding steroid dienone is 1. The van der Waals surface area contributed by atoms with Gasteiger partial charge in [-0.3, -0.25) is 0 Å². The van der Waals surface area contributed by atoms with E-state index in [2.05, 4.69) is 13.0 Å². The lowest BCUT2D eigenvalue weighted by Crippen LogP contribution is -2.21. The molecule has 0 aliphatic carbocycles. The highest BCUT2D eigenvalue weighted by atomic mass is 16.5. The summed E-state index contributed by atoms with van der Waals surface area (Å²) >= 11 is 0. The second kappa shape index (κ2) is 13.2. The number of nitrogens with two attached hydrogens (primary N) is 1. The molecule has 1 aliphatic rings. The van der Waals surface area contributed by atoms with Crippen LogP contribution in [0.1, 0.15) is 55.2 Å². The maximum absolute atomic E-state index is 12.4. The predicted molar refractivity (Wildman–Crippen MR) is 149 cm³/mol. The van der Waals surface area contributed by atoms with E-state index in [9.17, 15) is 10.1 Å². The standard InChI is InChI=1S/C32H32N2O5/c1-3-4-5-9-18-37-27-16-13-23(19-29(27)36-2)31-25-15-14-24(20-28(25)39-32(34)26(31)21-33)38-30(35)17-12-22-10-7-6-8-11-22/h6-8,10-17,19-20,31H,3-5,9,18,34H2,1-2H3/b17-12+. The summed E-state index contributed by atoms with van der Waals surface area (Å²) in [6.07, 6.45) is 7.47. The fourth-order valence-electron chi connectivity index (χ4n) is 4.41. The normalized spacial score (nSPS) is 14.3. The Morgan fingerprint density at radius 2 is 1.87 bits per heavy atom. The van der Waals surface area contributed by atoms with E-state index in [4.69, 9.17) is 24.7 Å². The molecule has 1 atom stereocenters. The zero-order chi connectivity index (χ0) is 27.6. The number of nitriles is 1. The molecule has 0 spiro atoms. The number of benzene rings is 3. The van der Waals surface area contributed by atoms with Crippen molar-refractivity contribution in [1.82, 2.24) is 0 Å². The summed E-state index contributed by atoms with van der Waals surface area (Å²) in [6.45, 7) is 2.78. The lowest BCUT2D eigenvalue weighted by molar-refractivity contribution is -0.128. The van der Waals surface area contributed by atoms with Crippen molar-refractivity contribution in [2.24, 2.45) is 5.73 Å². The van der Waals surface area contributed by atoms with E-state index in [-0.39, 0.29) is 11.5 Å². The zero-order valence-corrected chi connectivity index (χ0v) is 22.2. The van der Waals surface area contributed by atoms with Crippen LogP contribution in [-0.4, -0.2) is 19.7 Å². The van der Waals surface area contributed by atoms with Crippen molar-refractivity contribution in [3.63, 3.8) is 0 Å². The summed E-state index contributed by atoms with van der Waals surface area (Å²) in [6, 6.07) is 22.3. The average Bonchev–Trinajstić information content (AvgIpc) is 2.96. The molecule has 3 aromatic rings. The topological polar surface area (TPSA) is 104 Å². The number of ether oxygens (including phenoxy) is 4. The number of hydrogen-bond donors (Lipinski definition) is 1. The van der Waals surface area contributed by atoms with Crippen LogP contribution in [0.25, 0.3) is 6.08 Å². The van der Waals surface area contributed by atoms with Crippen LogP contribution in [0.5, 0.6) is 23.0 Å². The van der Waals surface area contributed by atoms with Gasteiger partial charge >= 0.3 is 5.97 Å². The van der Waals surface area contributed by atoms with Crippen molar-refractivity contribution in [1.29, 1.82) is 5.26 Å². The number of unbranched alkanes of at least 4 members (excludes halogenated alkanes) is 3. The van der Waals surface area contributed by atoms with Crippen LogP contribution in [0.3, 0.4) is 0 Å². The molecule has 39 heavy (non-hydrogen) atoms.